The molecular formula is C23H25F3N2O4. The summed E-state index contributed by atoms with van der Waals surface area (Å²) in [6.07, 6.45) is 0.903. The van der Waals surface area contributed by atoms with Crippen LogP contribution in [0.25, 0.3) is 0 Å². The van der Waals surface area contributed by atoms with Crippen molar-refractivity contribution in [3.63, 3.8) is 0 Å². The van der Waals surface area contributed by atoms with Crippen LogP contribution in [-0.4, -0.2) is 47.0 Å². The third kappa shape index (κ3) is 4.26. The van der Waals surface area contributed by atoms with E-state index in [0.29, 0.717) is 18.6 Å². The number of alkyl halides is 3. The van der Waals surface area contributed by atoms with Gasteiger partial charge in [0.05, 0.1) is 25.0 Å². The number of halogens is 3. The third-order valence-electron chi connectivity index (χ3n) is 6.21. The Hall–Kier alpha value is -2.81. The lowest BCUT2D eigenvalue weighted by Crippen LogP contribution is -2.56. The number of furan rings is 1. The summed E-state index contributed by atoms with van der Waals surface area (Å²) in [7, 11) is 1.62. The number of nitrogens with zero attached hydrogens (tertiary/aromatic N) is 2. The lowest BCUT2D eigenvalue weighted by atomic mass is 9.89. The lowest BCUT2D eigenvalue weighted by Gasteiger charge is -2.42. The maximum Gasteiger partial charge on any atom is 0.416 e. The van der Waals surface area contributed by atoms with E-state index in [1.54, 1.807) is 19.2 Å². The van der Waals surface area contributed by atoms with Crippen molar-refractivity contribution < 1.29 is 31.9 Å². The van der Waals surface area contributed by atoms with Crippen molar-refractivity contribution >= 4 is 11.8 Å². The maximum absolute atomic E-state index is 13.5. The normalized spacial score (nSPS) is 20.5. The first kappa shape index (κ1) is 22.4. The van der Waals surface area contributed by atoms with E-state index in [4.69, 9.17) is 9.15 Å². The van der Waals surface area contributed by atoms with E-state index in [-0.39, 0.29) is 24.6 Å². The molecule has 1 saturated carbocycles. The van der Waals surface area contributed by atoms with Crippen molar-refractivity contribution in [2.45, 2.75) is 56.6 Å². The summed E-state index contributed by atoms with van der Waals surface area (Å²) in [5.41, 5.74) is -1.64. The van der Waals surface area contributed by atoms with Crippen molar-refractivity contribution in [3.8, 4) is 0 Å². The van der Waals surface area contributed by atoms with Gasteiger partial charge in [0.2, 0.25) is 5.91 Å². The second-order valence-electron chi connectivity index (χ2n) is 8.36. The van der Waals surface area contributed by atoms with Gasteiger partial charge in [-0.15, -0.1) is 0 Å². The van der Waals surface area contributed by atoms with E-state index in [2.05, 4.69) is 0 Å². The molecule has 1 saturated heterocycles. The Morgan fingerprint density at radius 1 is 1.12 bits per heavy atom. The zero-order valence-corrected chi connectivity index (χ0v) is 17.7. The standard InChI is InChI=1S/C23H25F3N2O4/c1-27(14-18-6-5-13-31-18)21(30)19-15-32-22(11-3-2-4-12-22)28(19)20(29)16-7-9-17(10-8-16)23(24,25)26/h5-10,13,19H,2-4,11-12,14-15H2,1H3. The average Bonchev–Trinajstić information content (AvgIpc) is 3.41. The molecule has 1 aromatic heterocycles. The second kappa shape index (κ2) is 8.61. The van der Waals surface area contributed by atoms with E-state index in [0.717, 1.165) is 43.5 Å². The molecular weight excluding hydrogens is 425 g/mol. The second-order valence-corrected chi connectivity index (χ2v) is 8.36. The van der Waals surface area contributed by atoms with Crippen LogP contribution in [-0.2, 0) is 22.3 Å². The van der Waals surface area contributed by atoms with E-state index >= 15 is 0 Å². The molecule has 1 unspecified atom stereocenters. The fraction of sp³-hybridized carbons (Fsp3) is 0.478. The maximum atomic E-state index is 13.5. The van der Waals surface area contributed by atoms with Crippen molar-refractivity contribution in [2.75, 3.05) is 13.7 Å². The van der Waals surface area contributed by atoms with Gasteiger partial charge < -0.3 is 14.1 Å². The summed E-state index contributed by atoms with van der Waals surface area (Å²) in [5.74, 6) is -0.195. The van der Waals surface area contributed by atoms with Crippen LogP contribution in [0.3, 0.4) is 0 Å². The minimum absolute atomic E-state index is 0.0493. The number of hydrogen-bond acceptors (Lipinski definition) is 4. The van der Waals surface area contributed by atoms with Crippen LogP contribution in [0.4, 0.5) is 13.2 Å². The summed E-state index contributed by atoms with van der Waals surface area (Å²) in [4.78, 5) is 29.7. The lowest BCUT2D eigenvalue weighted by molar-refractivity contribution is -0.137. The Morgan fingerprint density at radius 3 is 2.41 bits per heavy atom. The molecule has 2 fully saturated rings. The molecule has 0 radical (unpaired) electrons. The van der Waals surface area contributed by atoms with Gasteiger partial charge in [-0.05, 0) is 62.1 Å². The Balaban J connectivity index is 1.62. The van der Waals surface area contributed by atoms with E-state index in [1.807, 2.05) is 0 Å². The van der Waals surface area contributed by atoms with Crippen LogP contribution in [0.15, 0.2) is 47.1 Å². The number of amides is 2. The Morgan fingerprint density at radius 2 is 1.81 bits per heavy atom. The van der Waals surface area contributed by atoms with Gasteiger partial charge in [0, 0.05) is 12.6 Å². The van der Waals surface area contributed by atoms with Crippen LogP contribution in [0.2, 0.25) is 0 Å². The molecule has 172 valence electrons. The van der Waals surface area contributed by atoms with E-state index < -0.39 is 29.4 Å². The zero-order valence-electron chi connectivity index (χ0n) is 17.7. The van der Waals surface area contributed by atoms with Crippen LogP contribution >= 0.6 is 0 Å². The number of carbonyl (C=O) groups excluding carboxylic acids is 2. The van der Waals surface area contributed by atoms with Gasteiger partial charge in [-0.2, -0.15) is 13.2 Å². The Labute approximate surface area is 183 Å². The number of hydrogen-bond donors (Lipinski definition) is 0. The summed E-state index contributed by atoms with van der Waals surface area (Å²) in [6.45, 7) is 0.283. The first-order chi connectivity index (χ1) is 15.2. The highest BCUT2D eigenvalue weighted by molar-refractivity contribution is 5.98. The van der Waals surface area contributed by atoms with E-state index in [1.165, 1.54) is 16.1 Å². The number of rotatable bonds is 4. The minimum Gasteiger partial charge on any atom is -0.467 e. The third-order valence-corrected chi connectivity index (χ3v) is 6.21. The molecule has 1 aromatic carbocycles. The average molecular weight is 450 g/mol. The van der Waals surface area contributed by atoms with Crippen LogP contribution in [0, 0.1) is 0 Å². The molecule has 0 N–H and O–H groups in total. The molecule has 2 aliphatic rings. The van der Waals surface area contributed by atoms with E-state index in [9.17, 15) is 22.8 Å². The fourth-order valence-electron chi connectivity index (χ4n) is 4.57. The Kier molecular flexibility index (Phi) is 6.03. The number of ether oxygens (including phenoxy) is 1. The summed E-state index contributed by atoms with van der Waals surface area (Å²) in [5, 5.41) is 0. The molecule has 2 amide bonds. The Bertz CT molecular complexity index is 951. The van der Waals surface area contributed by atoms with Crippen molar-refractivity contribution in [1.82, 2.24) is 9.80 Å². The largest absolute Gasteiger partial charge is 0.467 e. The highest BCUT2D eigenvalue weighted by Gasteiger charge is 2.53. The highest BCUT2D eigenvalue weighted by atomic mass is 19.4. The predicted octanol–water partition coefficient (Wildman–Crippen LogP) is 4.46. The van der Waals surface area contributed by atoms with Crippen molar-refractivity contribution in [1.29, 1.82) is 0 Å². The van der Waals surface area contributed by atoms with Crippen LogP contribution < -0.4 is 0 Å². The van der Waals surface area contributed by atoms with Crippen LogP contribution in [0.1, 0.15) is 53.8 Å². The quantitative estimate of drug-likeness (QED) is 0.690. The molecule has 1 atom stereocenters. The smallest absolute Gasteiger partial charge is 0.416 e. The van der Waals surface area contributed by atoms with Gasteiger partial charge in [-0.3, -0.25) is 14.5 Å². The fourth-order valence-corrected chi connectivity index (χ4v) is 4.57. The minimum atomic E-state index is -4.49. The zero-order chi connectivity index (χ0) is 22.9. The first-order valence-corrected chi connectivity index (χ1v) is 10.6. The first-order valence-electron chi connectivity index (χ1n) is 10.6. The molecule has 9 heteroatoms. The number of likely N-dealkylation sites (N-methyl/N-ethyl adjacent to an activating group) is 1. The van der Waals surface area contributed by atoms with Gasteiger partial charge in [0.25, 0.3) is 5.91 Å². The molecule has 1 spiro atoms. The molecule has 1 aliphatic heterocycles. The SMILES string of the molecule is CN(Cc1ccco1)C(=O)C1COC2(CCCCC2)N1C(=O)c1ccc(C(F)(F)F)cc1. The molecule has 32 heavy (non-hydrogen) atoms. The molecule has 1 aliphatic carbocycles. The molecule has 6 nitrogen and oxygen atoms in total. The summed E-state index contributed by atoms with van der Waals surface area (Å²) >= 11 is 0. The monoisotopic (exact) mass is 450 g/mol. The van der Waals surface area contributed by atoms with Gasteiger partial charge >= 0.3 is 6.18 Å². The van der Waals surface area contributed by atoms with Gasteiger partial charge in [0.1, 0.15) is 17.5 Å². The topological polar surface area (TPSA) is 63.0 Å². The molecule has 2 heterocycles. The van der Waals surface area contributed by atoms with Gasteiger partial charge in [-0.1, -0.05) is 6.42 Å². The van der Waals surface area contributed by atoms with Gasteiger partial charge in [-0.25, -0.2) is 0 Å². The highest BCUT2D eigenvalue weighted by Crippen LogP contribution is 2.42. The van der Waals surface area contributed by atoms with Crippen molar-refractivity contribution in [3.05, 3.63) is 59.5 Å². The molecule has 2 aromatic rings. The summed E-state index contributed by atoms with van der Waals surface area (Å²) < 4.78 is 50.2. The van der Waals surface area contributed by atoms with Crippen LogP contribution in [0.5, 0.6) is 0 Å². The molecule has 0 bridgehead atoms. The van der Waals surface area contributed by atoms with Crippen molar-refractivity contribution in [2.24, 2.45) is 0 Å². The summed E-state index contributed by atoms with van der Waals surface area (Å²) in [6, 6.07) is 6.71. The molecule has 4 rings (SSSR count). The predicted molar refractivity (Wildman–Crippen MR) is 108 cm³/mol. The van der Waals surface area contributed by atoms with Gasteiger partial charge in [0.15, 0.2) is 0 Å². The number of benzene rings is 1. The number of carbonyl (C=O) groups is 2.